The van der Waals surface area contributed by atoms with E-state index in [0.29, 0.717) is 35.1 Å². The minimum Gasteiger partial charge on any atom is -0.340 e. The third-order valence-corrected chi connectivity index (χ3v) is 5.30. The Morgan fingerprint density at radius 3 is 2.70 bits per heavy atom. The highest BCUT2D eigenvalue weighted by Crippen LogP contribution is 2.23. The zero-order valence-corrected chi connectivity index (χ0v) is 16.0. The Balaban J connectivity index is 1.86. The van der Waals surface area contributed by atoms with Gasteiger partial charge in [-0.05, 0) is 30.5 Å². The van der Waals surface area contributed by atoms with Gasteiger partial charge in [-0.15, -0.1) is 0 Å². The van der Waals surface area contributed by atoms with Crippen molar-refractivity contribution >= 4 is 29.1 Å². The maximum absolute atomic E-state index is 12.6. The van der Waals surface area contributed by atoms with Gasteiger partial charge in [0.1, 0.15) is 18.2 Å². The highest BCUT2D eigenvalue weighted by molar-refractivity contribution is 6.42. The van der Waals surface area contributed by atoms with E-state index in [1.807, 2.05) is 6.07 Å². The van der Waals surface area contributed by atoms with Crippen molar-refractivity contribution in [2.24, 2.45) is 0 Å². The number of nitriles is 1. The molecule has 9 heteroatoms. The van der Waals surface area contributed by atoms with Gasteiger partial charge in [-0.2, -0.15) is 5.26 Å². The minimum atomic E-state index is -0.716. The van der Waals surface area contributed by atoms with Crippen molar-refractivity contribution in [2.45, 2.75) is 32.5 Å². The summed E-state index contributed by atoms with van der Waals surface area (Å²) in [5, 5.41) is 10.1. The van der Waals surface area contributed by atoms with E-state index in [4.69, 9.17) is 23.2 Å². The lowest BCUT2D eigenvalue weighted by Gasteiger charge is -2.18. The molecule has 0 saturated carbocycles. The molecule has 140 valence electrons. The zero-order valence-electron chi connectivity index (χ0n) is 14.5. The molecule has 0 aliphatic carbocycles. The average molecular weight is 407 g/mol. The molecule has 2 aromatic rings. The van der Waals surface area contributed by atoms with Crippen LogP contribution < -0.4 is 11.2 Å². The molecule has 27 heavy (non-hydrogen) atoms. The van der Waals surface area contributed by atoms with Gasteiger partial charge >= 0.3 is 5.69 Å². The summed E-state index contributed by atoms with van der Waals surface area (Å²) in [6, 6.07) is 6.89. The average Bonchev–Trinajstić information content (AvgIpc) is 3.11. The molecule has 0 spiro atoms. The highest BCUT2D eigenvalue weighted by Gasteiger charge is 2.24. The summed E-state index contributed by atoms with van der Waals surface area (Å²) >= 11 is 11.9. The standard InChI is InChI=1S/C18H16Cl2N4O3/c1-22(9-11-4-5-13(19)14(20)7-11)16(25)10-24-17(26)12(8-21)15-3-2-6-23(15)18(24)27/h4-5,7H,2-3,6,9-10H2,1H3. The number of carbonyl (C=O) groups excluding carboxylic acids is 1. The summed E-state index contributed by atoms with van der Waals surface area (Å²) in [7, 11) is 1.56. The van der Waals surface area contributed by atoms with Crippen LogP contribution in [0.15, 0.2) is 27.8 Å². The molecule has 2 heterocycles. The van der Waals surface area contributed by atoms with E-state index in [2.05, 4.69) is 0 Å². The van der Waals surface area contributed by atoms with Crippen LogP contribution in [0.25, 0.3) is 0 Å². The second-order valence-electron chi connectivity index (χ2n) is 6.36. The fourth-order valence-corrected chi connectivity index (χ4v) is 3.47. The smallest absolute Gasteiger partial charge is 0.331 e. The van der Waals surface area contributed by atoms with E-state index in [0.717, 1.165) is 10.1 Å². The summed E-state index contributed by atoms with van der Waals surface area (Å²) in [4.78, 5) is 39.0. The molecule has 1 aromatic heterocycles. The lowest BCUT2D eigenvalue weighted by molar-refractivity contribution is -0.131. The van der Waals surface area contributed by atoms with Gasteiger partial charge in [0.15, 0.2) is 0 Å². The lowest BCUT2D eigenvalue weighted by Crippen LogP contribution is -2.45. The van der Waals surface area contributed by atoms with Crippen molar-refractivity contribution in [1.82, 2.24) is 14.0 Å². The van der Waals surface area contributed by atoms with Crippen LogP contribution in [-0.4, -0.2) is 27.0 Å². The van der Waals surface area contributed by atoms with E-state index in [-0.39, 0.29) is 12.1 Å². The van der Waals surface area contributed by atoms with Crippen LogP contribution in [0.1, 0.15) is 23.2 Å². The summed E-state index contributed by atoms with van der Waals surface area (Å²) < 4.78 is 2.24. The first kappa shape index (κ1) is 19.2. The largest absolute Gasteiger partial charge is 0.340 e. The first-order valence-corrected chi connectivity index (χ1v) is 9.03. The van der Waals surface area contributed by atoms with Crippen molar-refractivity contribution in [1.29, 1.82) is 5.26 Å². The third kappa shape index (κ3) is 3.64. The molecule has 0 N–H and O–H groups in total. The van der Waals surface area contributed by atoms with Gasteiger partial charge in [-0.1, -0.05) is 29.3 Å². The SMILES string of the molecule is CN(Cc1ccc(Cl)c(Cl)c1)C(=O)Cn1c(=O)c(C#N)c2n(c1=O)CCC2. The van der Waals surface area contributed by atoms with Gasteiger partial charge in [0, 0.05) is 25.8 Å². The minimum absolute atomic E-state index is 0.0629. The molecule has 0 fully saturated rings. The molecule has 0 saturated heterocycles. The van der Waals surface area contributed by atoms with Crippen molar-refractivity contribution in [3.05, 3.63) is 65.9 Å². The molecule has 1 aliphatic rings. The van der Waals surface area contributed by atoms with Crippen LogP contribution in [0, 0.1) is 11.3 Å². The van der Waals surface area contributed by atoms with Gasteiger partial charge in [0.05, 0.1) is 10.0 Å². The molecular weight excluding hydrogens is 391 g/mol. The molecule has 0 unspecified atom stereocenters. The van der Waals surface area contributed by atoms with E-state index < -0.39 is 23.7 Å². The third-order valence-electron chi connectivity index (χ3n) is 4.57. The number of aromatic nitrogens is 2. The molecule has 1 aromatic carbocycles. The van der Waals surface area contributed by atoms with Crippen LogP contribution in [0.5, 0.6) is 0 Å². The number of rotatable bonds is 4. The van der Waals surface area contributed by atoms with Crippen molar-refractivity contribution in [3.63, 3.8) is 0 Å². The Bertz CT molecular complexity index is 1080. The number of amides is 1. The van der Waals surface area contributed by atoms with E-state index in [1.165, 1.54) is 9.47 Å². The summed E-state index contributed by atoms with van der Waals surface area (Å²) in [6.07, 6.45) is 1.21. The molecular formula is C18H16Cl2N4O3. The van der Waals surface area contributed by atoms with Gasteiger partial charge in [-0.3, -0.25) is 14.2 Å². The summed E-state index contributed by atoms with van der Waals surface area (Å²) in [6.45, 7) is 0.253. The van der Waals surface area contributed by atoms with E-state index >= 15 is 0 Å². The molecule has 0 radical (unpaired) electrons. The number of fused-ring (bicyclic) bond motifs is 1. The normalized spacial score (nSPS) is 12.5. The molecule has 1 aliphatic heterocycles. The maximum atomic E-state index is 12.6. The van der Waals surface area contributed by atoms with Gasteiger partial charge in [0.25, 0.3) is 5.56 Å². The van der Waals surface area contributed by atoms with E-state index in [9.17, 15) is 19.6 Å². The molecule has 0 atom stereocenters. The van der Waals surface area contributed by atoms with Crippen molar-refractivity contribution in [2.75, 3.05) is 7.05 Å². The monoisotopic (exact) mass is 406 g/mol. The number of carbonyl (C=O) groups is 1. The number of hydrogen-bond acceptors (Lipinski definition) is 4. The first-order valence-electron chi connectivity index (χ1n) is 8.28. The van der Waals surface area contributed by atoms with Crippen molar-refractivity contribution < 1.29 is 4.79 Å². The number of hydrogen-bond donors (Lipinski definition) is 0. The lowest BCUT2D eigenvalue weighted by atomic mass is 10.2. The summed E-state index contributed by atoms with van der Waals surface area (Å²) in [5.74, 6) is -0.428. The second-order valence-corrected chi connectivity index (χ2v) is 7.18. The van der Waals surface area contributed by atoms with Crippen LogP contribution in [0.2, 0.25) is 10.0 Å². The van der Waals surface area contributed by atoms with Gasteiger partial charge < -0.3 is 4.90 Å². The number of halogens is 2. The second kappa shape index (κ2) is 7.59. The van der Waals surface area contributed by atoms with Crippen LogP contribution >= 0.6 is 23.2 Å². The molecule has 1 amide bonds. The van der Waals surface area contributed by atoms with Crippen LogP contribution in [0.3, 0.4) is 0 Å². The molecule has 0 bridgehead atoms. The maximum Gasteiger partial charge on any atom is 0.331 e. The number of benzene rings is 1. The Hall–Kier alpha value is -2.56. The molecule has 7 nitrogen and oxygen atoms in total. The van der Waals surface area contributed by atoms with Gasteiger partial charge in [-0.25, -0.2) is 9.36 Å². The predicted octanol–water partition coefficient (Wildman–Crippen LogP) is 1.79. The van der Waals surface area contributed by atoms with E-state index in [1.54, 1.807) is 25.2 Å². The Morgan fingerprint density at radius 2 is 2.04 bits per heavy atom. The number of nitrogens with zero attached hydrogens (tertiary/aromatic N) is 4. The summed E-state index contributed by atoms with van der Waals surface area (Å²) in [5.41, 5.74) is -0.113. The molecule has 3 rings (SSSR count). The zero-order chi connectivity index (χ0) is 19.7. The van der Waals surface area contributed by atoms with Crippen molar-refractivity contribution in [3.8, 4) is 6.07 Å². The fraction of sp³-hybridized carbons (Fsp3) is 0.333. The predicted molar refractivity (Wildman–Crippen MR) is 101 cm³/mol. The van der Waals surface area contributed by atoms with Gasteiger partial charge in [0.2, 0.25) is 5.91 Å². The highest BCUT2D eigenvalue weighted by atomic mass is 35.5. The van der Waals surface area contributed by atoms with Crippen LogP contribution in [0.4, 0.5) is 0 Å². The number of likely N-dealkylation sites (N-methyl/N-ethyl adjacent to an activating group) is 1. The first-order chi connectivity index (χ1) is 12.8. The topological polar surface area (TPSA) is 88.1 Å². The Morgan fingerprint density at radius 1 is 1.30 bits per heavy atom. The van der Waals surface area contributed by atoms with Crippen LogP contribution in [-0.2, 0) is 30.8 Å². The quantitative estimate of drug-likeness (QED) is 0.773. The fourth-order valence-electron chi connectivity index (χ4n) is 3.14. The Kier molecular flexibility index (Phi) is 5.40. The Labute approximate surface area is 165 Å².